The first-order valence-electron chi connectivity index (χ1n) is 6.82. The molecule has 1 saturated carbocycles. The summed E-state index contributed by atoms with van der Waals surface area (Å²) in [5.74, 6) is -0.0749. The van der Waals surface area contributed by atoms with Crippen molar-refractivity contribution < 1.29 is 14.3 Å². The first-order valence-corrected chi connectivity index (χ1v) is 7.20. The average Bonchev–Trinajstić information content (AvgIpc) is 2.87. The van der Waals surface area contributed by atoms with Gasteiger partial charge in [-0.2, -0.15) is 0 Å². The summed E-state index contributed by atoms with van der Waals surface area (Å²) in [6, 6.07) is 6.86. The number of carbonyl (C=O) groups excluding carboxylic acids is 1. The van der Waals surface area contributed by atoms with Crippen molar-refractivity contribution in [3.63, 3.8) is 0 Å². The highest BCUT2D eigenvalue weighted by Crippen LogP contribution is 2.27. The zero-order valence-electron chi connectivity index (χ0n) is 10.9. The monoisotopic (exact) mass is 293 g/mol. The molecule has 0 bridgehead atoms. The second-order valence-electron chi connectivity index (χ2n) is 5.20. The summed E-state index contributed by atoms with van der Waals surface area (Å²) < 4.78 is 5.51. The standard InChI is InChI=1S/C15H16ClNO3/c16-10-5-3-4-9-8-13(20-14(9)10)15(19)17-11-6-1-2-7-12(11)18/h3-5,8,11-12,18H,1-2,6-7H2,(H,17,19). The number of rotatable bonds is 2. The Hall–Kier alpha value is -1.52. The summed E-state index contributed by atoms with van der Waals surface area (Å²) in [5.41, 5.74) is 0.517. The Morgan fingerprint density at radius 3 is 2.90 bits per heavy atom. The number of benzene rings is 1. The third kappa shape index (κ3) is 2.53. The van der Waals surface area contributed by atoms with Crippen LogP contribution in [0.3, 0.4) is 0 Å². The van der Waals surface area contributed by atoms with E-state index in [1.807, 2.05) is 12.1 Å². The highest BCUT2D eigenvalue weighted by molar-refractivity contribution is 6.34. The third-order valence-corrected chi connectivity index (χ3v) is 4.06. The Morgan fingerprint density at radius 2 is 2.15 bits per heavy atom. The Labute approximate surface area is 121 Å². The van der Waals surface area contributed by atoms with Crippen LogP contribution in [0.4, 0.5) is 0 Å². The lowest BCUT2D eigenvalue weighted by molar-refractivity contribution is 0.0699. The molecule has 1 aliphatic carbocycles. The first-order chi connectivity index (χ1) is 9.65. The maximum Gasteiger partial charge on any atom is 0.287 e. The summed E-state index contributed by atoms with van der Waals surface area (Å²) in [5, 5.41) is 14.0. The van der Waals surface area contributed by atoms with E-state index >= 15 is 0 Å². The molecule has 0 spiro atoms. The zero-order valence-corrected chi connectivity index (χ0v) is 11.7. The topological polar surface area (TPSA) is 62.5 Å². The third-order valence-electron chi connectivity index (χ3n) is 3.77. The van der Waals surface area contributed by atoms with Crippen LogP contribution in [0.5, 0.6) is 0 Å². The molecule has 0 aliphatic heterocycles. The number of aliphatic hydroxyl groups excluding tert-OH is 1. The minimum absolute atomic E-state index is 0.195. The Kier molecular flexibility index (Phi) is 3.68. The van der Waals surface area contributed by atoms with Gasteiger partial charge in [-0.05, 0) is 25.0 Å². The van der Waals surface area contributed by atoms with Crippen molar-refractivity contribution in [2.24, 2.45) is 0 Å². The van der Waals surface area contributed by atoms with Crippen LogP contribution in [0.25, 0.3) is 11.0 Å². The van der Waals surface area contributed by atoms with E-state index in [1.165, 1.54) is 0 Å². The SMILES string of the molecule is O=C(NC1CCCCC1O)c1cc2cccc(Cl)c2o1. The van der Waals surface area contributed by atoms with Crippen molar-refractivity contribution in [2.75, 3.05) is 0 Å². The first kappa shape index (κ1) is 13.5. The molecule has 1 aliphatic rings. The lowest BCUT2D eigenvalue weighted by Crippen LogP contribution is -2.44. The summed E-state index contributed by atoms with van der Waals surface area (Å²) >= 11 is 6.02. The smallest absolute Gasteiger partial charge is 0.287 e. The molecule has 1 aromatic heterocycles. The fraction of sp³-hybridized carbons (Fsp3) is 0.400. The number of halogens is 1. The van der Waals surface area contributed by atoms with Gasteiger partial charge in [0.05, 0.1) is 17.2 Å². The maximum absolute atomic E-state index is 12.2. The van der Waals surface area contributed by atoms with Crippen LogP contribution in [0.15, 0.2) is 28.7 Å². The molecule has 2 atom stereocenters. The number of carbonyl (C=O) groups is 1. The Balaban J connectivity index is 1.80. The molecule has 3 rings (SSSR count). The number of furan rings is 1. The largest absolute Gasteiger partial charge is 0.449 e. The van der Waals surface area contributed by atoms with Crippen molar-refractivity contribution in [3.8, 4) is 0 Å². The van der Waals surface area contributed by atoms with Crippen molar-refractivity contribution in [1.82, 2.24) is 5.32 Å². The molecule has 0 radical (unpaired) electrons. The number of hydrogen-bond donors (Lipinski definition) is 2. The molecule has 4 nitrogen and oxygen atoms in total. The fourth-order valence-electron chi connectivity index (χ4n) is 2.66. The Morgan fingerprint density at radius 1 is 1.35 bits per heavy atom. The molecule has 1 amide bonds. The van der Waals surface area contributed by atoms with E-state index in [-0.39, 0.29) is 17.7 Å². The van der Waals surface area contributed by atoms with E-state index in [9.17, 15) is 9.90 Å². The predicted octanol–water partition coefficient (Wildman–Crippen LogP) is 3.12. The van der Waals surface area contributed by atoms with Gasteiger partial charge in [0.1, 0.15) is 0 Å². The van der Waals surface area contributed by atoms with Crippen LogP contribution >= 0.6 is 11.6 Å². The van der Waals surface area contributed by atoms with Crippen LogP contribution < -0.4 is 5.32 Å². The molecule has 2 unspecified atom stereocenters. The molecule has 1 heterocycles. The minimum atomic E-state index is -0.472. The van der Waals surface area contributed by atoms with E-state index < -0.39 is 6.10 Å². The van der Waals surface area contributed by atoms with Crippen LogP contribution in [0.2, 0.25) is 5.02 Å². The molecule has 20 heavy (non-hydrogen) atoms. The van der Waals surface area contributed by atoms with Crippen molar-refractivity contribution in [3.05, 3.63) is 35.0 Å². The van der Waals surface area contributed by atoms with Gasteiger partial charge in [-0.15, -0.1) is 0 Å². The molecule has 2 aromatic rings. The molecule has 5 heteroatoms. The second kappa shape index (κ2) is 5.46. The lowest BCUT2D eigenvalue weighted by Gasteiger charge is -2.27. The number of fused-ring (bicyclic) bond motifs is 1. The second-order valence-corrected chi connectivity index (χ2v) is 5.61. The van der Waals surface area contributed by atoms with E-state index in [0.29, 0.717) is 10.6 Å². The van der Waals surface area contributed by atoms with Crippen molar-refractivity contribution in [2.45, 2.75) is 37.8 Å². The zero-order chi connectivity index (χ0) is 14.1. The van der Waals surface area contributed by atoms with Gasteiger partial charge in [0.25, 0.3) is 5.91 Å². The van der Waals surface area contributed by atoms with Gasteiger partial charge in [0.15, 0.2) is 11.3 Å². The number of para-hydroxylation sites is 1. The number of aliphatic hydroxyl groups is 1. The van der Waals surface area contributed by atoms with Crippen LogP contribution in [0, 0.1) is 0 Å². The summed E-state index contributed by atoms with van der Waals surface area (Å²) in [4.78, 5) is 12.2. The normalized spacial score (nSPS) is 22.9. The number of hydrogen-bond acceptors (Lipinski definition) is 3. The van der Waals surface area contributed by atoms with Crippen LogP contribution in [0.1, 0.15) is 36.2 Å². The number of nitrogens with one attached hydrogen (secondary N) is 1. The van der Waals surface area contributed by atoms with E-state index in [0.717, 1.165) is 31.1 Å². The maximum atomic E-state index is 12.2. The molecule has 0 saturated heterocycles. The summed E-state index contributed by atoms with van der Waals surface area (Å²) in [7, 11) is 0. The van der Waals surface area contributed by atoms with Crippen molar-refractivity contribution in [1.29, 1.82) is 0 Å². The van der Waals surface area contributed by atoms with Gasteiger partial charge in [-0.1, -0.05) is 36.6 Å². The van der Waals surface area contributed by atoms with Gasteiger partial charge in [0.2, 0.25) is 0 Å². The Bertz CT molecular complexity index is 637. The summed E-state index contributed by atoms with van der Waals surface area (Å²) in [6.07, 6.45) is 3.09. The quantitative estimate of drug-likeness (QED) is 0.894. The lowest BCUT2D eigenvalue weighted by atomic mass is 9.92. The molecule has 106 valence electrons. The highest BCUT2D eigenvalue weighted by Gasteiger charge is 2.26. The number of amides is 1. The van der Waals surface area contributed by atoms with Gasteiger partial charge >= 0.3 is 0 Å². The molecule has 1 aromatic carbocycles. The van der Waals surface area contributed by atoms with Gasteiger partial charge < -0.3 is 14.8 Å². The fourth-order valence-corrected chi connectivity index (χ4v) is 2.88. The van der Waals surface area contributed by atoms with E-state index in [4.69, 9.17) is 16.0 Å². The van der Waals surface area contributed by atoms with Gasteiger partial charge in [-0.25, -0.2) is 0 Å². The molecular formula is C15H16ClNO3. The van der Waals surface area contributed by atoms with Crippen LogP contribution in [-0.4, -0.2) is 23.2 Å². The predicted molar refractivity (Wildman–Crippen MR) is 77.0 cm³/mol. The van der Waals surface area contributed by atoms with Gasteiger partial charge in [-0.3, -0.25) is 4.79 Å². The highest BCUT2D eigenvalue weighted by atomic mass is 35.5. The van der Waals surface area contributed by atoms with E-state index in [2.05, 4.69) is 5.32 Å². The summed E-state index contributed by atoms with van der Waals surface area (Å²) in [6.45, 7) is 0. The van der Waals surface area contributed by atoms with Gasteiger partial charge in [0, 0.05) is 5.39 Å². The molecular weight excluding hydrogens is 278 g/mol. The average molecular weight is 294 g/mol. The van der Waals surface area contributed by atoms with E-state index in [1.54, 1.807) is 12.1 Å². The van der Waals surface area contributed by atoms with Crippen LogP contribution in [-0.2, 0) is 0 Å². The molecule has 1 fully saturated rings. The minimum Gasteiger partial charge on any atom is -0.449 e. The van der Waals surface area contributed by atoms with Crippen molar-refractivity contribution >= 4 is 28.5 Å². The molecule has 2 N–H and O–H groups in total.